The Morgan fingerprint density at radius 1 is 1.33 bits per heavy atom. The zero-order valence-electron chi connectivity index (χ0n) is 11.0. The van der Waals surface area contributed by atoms with Gasteiger partial charge in [0.15, 0.2) is 0 Å². The number of hydrogen-bond acceptors (Lipinski definition) is 2. The van der Waals surface area contributed by atoms with Crippen molar-refractivity contribution in [1.82, 2.24) is 4.57 Å². The molecule has 0 spiro atoms. The normalized spacial score (nSPS) is 10.8. The Hall–Kier alpha value is -1.77. The second-order valence-corrected chi connectivity index (χ2v) is 4.53. The molecule has 0 unspecified atom stereocenters. The molecule has 0 amide bonds. The number of aromatic nitrogens is 1. The van der Waals surface area contributed by atoms with Crippen LogP contribution in [-0.4, -0.2) is 17.1 Å². The quantitative estimate of drug-likeness (QED) is 0.598. The molecule has 1 aromatic carbocycles. The fourth-order valence-electron chi connectivity index (χ4n) is 2.08. The van der Waals surface area contributed by atoms with E-state index in [-0.39, 0.29) is 12.5 Å². The van der Waals surface area contributed by atoms with Crippen LogP contribution in [0, 0.1) is 6.92 Å². The minimum Gasteiger partial charge on any atom is -0.464 e. The Kier molecular flexibility index (Phi) is 4.03. The highest BCUT2D eigenvalue weighted by atomic mass is 16.5. The number of fused-ring (bicyclic) bond motifs is 1. The van der Waals surface area contributed by atoms with Gasteiger partial charge in [0.05, 0.1) is 6.61 Å². The first-order valence-corrected chi connectivity index (χ1v) is 6.42. The molecule has 1 aromatic heterocycles. The lowest BCUT2D eigenvalue weighted by atomic mass is 10.2. The van der Waals surface area contributed by atoms with Crippen LogP contribution in [0.2, 0.25) is 0 Å². The summed E-state index contributed by atoms with van der Waals surface area (Å²) in [6.45, 7) is 4.95. The number of esters is 1. The van der Waals surface area contributed by atoms with Gasteiger partial charge in [-0.1, -0.05) is 31.5 Å². The van der Waals surface area contributed by atoms with Gasteiger partial charge < -0.3 is 9.30 Å². The maximum absolute atomic E-state index is 11.7. The first-order valence-electron chi connectivity index (χ1n) is 6.42. The van der Waals surface area contributed by atoms with Gasteiger partial charge in [-0.15, -0.1) is 0 Å². The Balaban J connectivity index is 2.10. The van der Waals surface area contributed by atoms with Crippen LogP contribution in [0.3, 0.4) is 0 Å². The first-order chi connectivity index (χ1) is 8.72. The molecule has 0 saturated heterocycles. The largest absolute Gasteiger partial charge is 0.464 e. The average Bonchev–Trinajstić information content (AvgIpc) is 2.67. The molecule has 1 heterocycles. The van der Waals surface area contributed by atoms with Gasteiger partial charge in [0.25, 0.3) is 0 Å². The van der Waals surface area contributed by atoms with E-state index in [1.165, 1.54) is 10.9 Å². The van der Waals surface area contributed by atoms with Crippen molar-refractivity contribution in [1.29, 1.82) is 0 Å². The van der Waals surface area contributed by atoms with E-state index in [1.54, 1.807) is 0 Å². The van der Waals surface area contributed by atoms with E-state index in [1.807, 2.05) is 29.0 Å². The molecule has 0 aliphatic carbocycles. The molecule has 2 aromatic rings. The molecular weight excluding hydrogens is 226 g/mol. The summed E-state index contributed by atoms with van der Waals surface area (Å²) in [7, 11) is 0. The lowest BCUT2D eigenvalue weighted by molar-refractivity contribution is -0.144. The van der Waals surface area contributed by atoms with Crippen molar-refractivity contribution in [2.75, 3.05) is 6.61 Å². The number of aryl methyl sites for hydroxylation is 1. The van der Waals surface area contributed by atoms with E-state index in [4.69, 9.17) is 4.74 Å². The Bertz CT molecular complexity index is 542. The van der Waals surface area contributed by atoms with Crippen LogP contribution >= 0.6 is 0 Å². The van der Waals surface area contributed by atoms with E-state index in [0.717, 1.165) is 18.4 Å². The van der Waals surface area contributed by atoms with E-state index in [0.29, 0.717) is 6.61 Å². The molecule has 96 valence electrons. The van der Waals surface area contributed by atoms with E-state index in [2.05, 4.69) is 19.9 Å². The second-order valence-electron chi connectivity index (χ2n) is 4.53. The number of para-hydroxylation sites is 1. The number of carbonyl (C=O) groups excluding carboxylic acids is 1. The van der Waals surface area contributed by atoms with Crippen molar-refractivity contribution in [2.24, 2.45) is 0 Å². The van der Waals surface area contributed by atoms with Crippen molar-refractivity contribution in [2.45, 2.75) is 33.2 Å². The number of ether oxygens (including phenoxy) is 1. The smallest absolute Gasteiger partial charge is 0.325 e. The van der Waals surface area contributed by atoms with Gasteiger partial charge in [-0.3, -0.25) is 4.79 Å². The molecule has 3 nitrogen and oxygen atoms in total. The number of nitrogens with zero attached hydrogens (tertiary/aromatic N) is 1. The molecule has 3 heteroatoms. The predicted octanol–water partition coefficient (Wildman–Crippen LogP) is 3.29. The Morgan fingerprint density at radius 2 is 2.11 bits per heavy atom. The van der Waals surface area contributed by atoms with Crippen LogP contribution in [-0.2, 0) is 16.1 Å². The van der Waals surface area contributed by atoms with E-state index < -0.39 is 0 Å². The Morgan fingerprint density at radius 3 is 2.89 bits per heavy atom. The average molecular weight is 245 g/mol. The lowest BCUT2D eigenvalue weighted by Gasteiger charge is -2.06. The molecule has 2 rings (SSSR count). The summed E-state index contributed by atoms with van der Waals surface area (Å²) in [4.78, 5) is 11.7. The van der Waals surface area contributed by atoms with Crippen molar-refractivity contribution in [3.8, 4) is 0 Å². The maximum atomic E-state index is 11.7. The highest BCUT2D eigenvalue weighted by molar-refractivity contribution is 5.85. The lowest BCUT2D eigenvalue weighted by Crippen LogP contribution is -2.13. The number of hydrogen-bond donors (Lipinski definition) is 0. The molecule has 0 fully saturated rings. The summed E-state index contributed by atoms with van der Waals surface area (Å²) in [5.74, 6) is -0.163. The number of rotatable bonds is 5. The third-order valence-corrected chi connectivity index (χ3v) is 3.05. The molecular formula is C15H19NO2. The molecule has 0 bridgehead atoms. The Labute approximate surface area is 107 Å². The van der Waals surface area contributed by atoms with Gasteiger partial charge in [0.2, 0.25) is 0 Å². The summed E-state index contributed by atoms with van der Waals surface area (Å²) < 4.78 is 7.14. The van der Waals surface area contributed by atoms with Gasteiger partial charge >= 0.3 is 5.97 Å². The fourth-order valence-corrected chi connectivity index (χ4v) is 2.08. The van der Waals surface area contributed by atoms with Crippen molar-refractivity contribution >= 4 is 16.9 Å². The highest BCUT2D eigenvalue weighted by Gasteiger charge is 2.09. The molecule has 18 heavy (non-hydrogen) atoms. The molecule has 0 N–H and O–H groups in total. The first kappa shape index (κ1) is 12.7. The van der Waals surface area contributed by atoms with Gasteiger partial charge in [0.1, 0.15) is 6.54 Å². The van der Waals surface area contributed by atoms with Gasteiger partial charge in [-0.05, 0) is 25.0 Å². The van der Waals surface area contributed by atoms with Gasteiger partial charge in [-0.2, -0.15) is 0 Å². The van der Waals surface area contributed by atoms with Crippen molar-refractivity contribution in [3.05, 3.63) is 36.0 Å². The predicted molar refractivity (Wildman–Crippen MR) is 72.5 cm³/mol. The zero-order chi connectivity index (χ0) is 13.0. The van der Waals surface area contributed by atoms with E-state index in [9.17, 15) is 4.79 Å². The number of unbranched alkanes of at least 4 members (excludes halogenated alkanes) is 1. The molecule has 0 atom stereocenters. The summed E-state index contributed by atoms with van der Waals surface area (Å²) in [6.07, 6.45) is 3.97. The highest BCUT2D eigenvalue weighted by Crippen LogP contribution is 2.20. The van der Waals surface area contributed by atoms with Crippen LogP contribution in [0.25, 0.3) is 10.9 Å². The minimum atomic E-state index is -0.163. The maximum Gasteiger partial charge on any atom is 0.325 e. The molecule has 0 saturated carbocycles. The second kappa shape index (κ2) is 5.71. The van der Waals surface area contributed by atoms with Crippen LogP contribution in [0.1, 0.15) is 25.3 Å². The third-order valence-electron chi connectivity index (χ3n) is 3.05. The number of benzene rings is 1. The summed E-state index contributed by atoms with van der Waals surface area (Å²) in [6, 6.07) is 8.10. The third kappa shape index (κ3) is 2.73. The minimum absolute atomic E-state index is 0.163. The van der Waals surface area contributed by atoms with Gasteiger partial charge in [0, 0.05) is 17.1 Å². The van der Waals surface area contributed by atoms with Crippen molar-refractivity contribution in [3.63, 3.8) is 0 Å². The summed E-state index contributed by atoms with van der Waals surface area (Å²) in [5, 5.41) is 1.19. The van der Waals surface area contributed by atoms with Crippen LogP contribution in [0.15, 0.2) is 30.5 Å². The molecule has 0 aliphatic heterocycles. The van der Waals surface area contributed by atoms with Crippen molar-refractivity contribution < 1.29 is 9.53 Å². The molecule has 0 aliphatic rings. The van der Waals surface area contributed by atoms with E-state index >= 15 is 0 Å². The van der Waals surface area contributed by atoms with Crippen LogP contribution < -0.4 is 0 Å². The SMILES string of the molecule is CCCCOC(=O)Cn1cc(C)c2ccccc21. The van der Waals surface area contributed by atoms with Crippen LogP contribution in [0.4, 0.5) is 0 Å². The zero-order valence-corrected chi connectivity index (χ0v) is 11.0. The van der Waals surface area contributed by atoms with Crippen LogP contribution in [0.5, 0.6) is 0 Å². The molecule has 0 radical (unpaired) electrons. The monoisotopic (exact) mass is 245 g/mol. The standard InChI is InChI=1S/C15H19NO2/c1-3-4-9-18-15(17)11-16-10-12(2)13-7-5-6-8-14(13)16/h5-8,10H,3-4,9,11H2,1-2H3. The van der Waals surface area contributed by atoms with Gasteiger partial charge in [-0.25, -0.2) is 0 Å². The number of carbonyl (C=O) groups is 1. The fraction of sp³-hybridized carbons (Fsp3) is 0.400. The summed E-state index contributed by atoms with van der Waals surface area (Å²) >= 11 is 0. The topological polar surface area (TPSA) is 31.2 Å². The summed E-state index contributed by atoms with van der Waals surface area (Å²) in [5.41, 5.74) is 2.27.